The number of amidine groups is 1. The summed E-state index contributed by atoms with van der Waals surface area (Å²) in [5.41, 5.74) is 7.99. The van der Waals surface area contributed by atoms with Crippen molar-refractivity contribution < 1.29 is 8.42 Å². The predicted octanol–water partition coefficient (Wildman–Crippen LogP) is 1.91. The van der Waals surface area contributed by atoms with Gasteiger partial charge in [-0.25, -0.2) is 18.5 Å². The van der Waals surface area contributed by atoms with Gasteiger partial charge in [0.05, 0.1) is 10.6 Å². The molecule has 2 aromatic carbocycles. The number of aliphatic imine (C=N–C) groups is 1. The molecule has 10 heteroatoms. The highest BCUT2D eigenvalue weighted by molar-refractivity contribution is 7.98. The van der Waals surface area contributed by atoms with Gasteiger partial charge in [0.1, 0.15) is 22.2 Å². The number of primary sulfonamides is 1. The van der Waals surface area contributed by atoms with Crippen LogP contribution in [-0.2, 0) is 10.0 Å². The number of aryl methyl sites for hydroxylation is 1. The summed E-state index contributed by atoms with van der Waals surface area (Å²) in [4.78, 5) is 22.1. The second-order valence-corrected chi connectivity index (χ2v) is 8.83. The molecule has 0 unspecified atom stereocenters. The van der Waals surface area contributed by atoms with Gasteiger partial charge in [0, 0.05) is 12.6 Å². The maximum absolute atomic E-state index is 13.5. The van der Waals surface area contributed by atoms with Crippen molar-refractivity contribution in [3.8, 4) is 17.1 Å². The van der Waals surface area contributed by atoms with E-state index in [1.54, 1.807) is 6.26 Å². The van der Waals surface area contributed by atoms with Gasteiger partial charge in [-0.1, -0.05) is 29.8 Å². The molecule has 30 heavy (non-hydrogen) atoms. The molecule has 3 rings (SSSR count). The summed E-state index contributed by atoms with van der Waals surface area (Å²) in [6, 6.07) is 13.3. The molecule has 0 radical (unpaired) electrons. The quantitative estimate of drug-likeness (QED) is 0.268. The SMILES string of the molecule is CN=C(N)c1c(SC)nc(-c2ccc(C)cc2)n(-c2ccc(S(N)(=O)=O)cc2)c1=O. The van der Waals surface area contributed by atoms with Crippen LogP contribution in [0.5, 0.6) is 0 Å². The smallest absolute Gasteiger partial charge is 0.270 e. The molecule has 0 spiro atoms. The minimum atomic E-state index is -3.86. The fourth-order valence-corrected chi connectivity index (χ4v) is 3.99. The van der Waals surface area contributed by atoms with E-state index >= 15 is 0 Å². The van der Waals surface area contributed by atoms with Crippen molar-refractivity contribution in [3.05, 3.63) is 70.0 Å². The maximum atomic E-state index is 13.5. The number of aromatic nitrogens is 2. The number of sulfonamides is 1. The monoisotopic (exact) mass is 443 g/mol. The minimum absolute atomic E-state index is 0.0558. The van der Waals surface area contributed by atoms with Crippen LogP contribution in [-0.4, -0.2) is 37.1 Å². The summed E-state index contributed by atoms with van der Waals surface area (Å²) < 4.78 is 24.6. The van der Waals surface area contributed by atoms with Crippen molar-refractivity contribution in [1.82, 2.24) is 9.55 Å². The standard InChI is InChI=1S/C20H21N5O3S2/c1-12-4-6-13(7-5-12)18-24-19(29-3)16(17(21)23-2)20(26)25(18)14-8-10-15(11-9-14)30(22,27)28/h4-11H,1-3H3,(H2,21,23)(H2,22,27,28). The van der Waals surface area contributed by atoms with E-state index in [-0.39, 0.29) is 16.3 Å². The maximum Gasteiger partial charge on any atom is 0.270 e. The normalized spacial score (nSPS) is 12.2. The highest BCUT2D eigenvalue weighted by Gasteiger charge is 2.21. The van der Waals surface area contributed by atoms with Gasteiger partial charge >= 0.3 is 0 Å². The lowest BCUT2D eigenvalue weighted by molar-refractivity contribution is 0.598. The number of benzene rings is 2. The molecular weight excluding hydrogens is 422 g/mol. The van der Waals surface area contributed by atoms with Gasteiger partial charge in [0.15, 0.2) is 0 Å². The number of nitrogens with zero attached hydrogens (tertiary/aromatic N) is 3. The lowest BCUT2D eigenvalue weighted by Crippen LogP contribution is -2.32. The van der Waals surface area contributed by atoms with Gasteiger partial charge in [0.2, 0.25) is 10.0 Å². The van der Waals surface area contributed by atoms with Gasteiger partial charge in [-0.15, -0.1) is 11.8 Å². The Balaban J connectivity index is 2.38. The van der Waals surface area contributed by atoms with Crippen LogP contribution in [0, 0.1) is 6.92 Å². The minimum Gasteiger partial charge on any atom is -0.383 e. The first-order valence-electron chi connectivity index (χ1n) is 8.81. The Labute approximate surface area is 178 Å². The molecule has 0 aliphatic rings. The molecule has 0 saturated heterocycles. The molecule has 1 aromatic heterocycles. The van der Waals surface area contributed by atoms with Gasteiger partial charge in [-0.3, -0.25) is 14.4 Å². The molecule has 8 nitrogen and oxygen atoms in total. The van der Waals surface area contributed by atoms with E-state index in [1.807, 2.05) is 31.2 Å². The van der Waals surface area contributed by atoms with Gasteiger partial charge in [-0.2, -0.15) is 0 Å². The van der Waals surface area contributed by atoms with Crippen LogP contribution in [0.4, 0.5) is 0 Å². The second kappa shape index (κ2) is 8.42. The van der Waals surface area contributed by atoms with Gasteiger partial charge in [0.25, 0.3) is 5.56 Å². The van der Waals surface area contributed by atoms with Crippen molar-refractivity contribution >= 4 is 27.6 Å². The van der Waals surface area contributed by atoms with Crippen molar-refractivity contribution in [2.24, 2.45) is 15.9 Å². The first-order chi connectivity index (χ1) is 14.2. The molecule has 1 heterocycles. The average Bonchev–Trinajstić information content (AvgIpc) is 2.72. The highest BCUT2D eigenvalue weighted by atomic mass is 32.2. The second-order valence-electron chi connectivity index (χ2n) is 6.47. The predicted molar refractivity (Wildman–Crippen MR) is 120 cm³/mol. The molecule has 0 fully saturated rings. The number of thioether (sulfide) groups is 1. The Morgan fingerprint density at radius 3 is 2.20 bits per heavy atom. The number of nitrogens with two attached hydrogens (primary N) is 2. The van der Waals surface area contributed by atoms with E-state index in [0.29, 0.717) is 16.5 Å². The van der Waals surface area contributed by atoms with E-state index in [1.165, 1.54) is 47.6 Å². The van der Waals surface area contributed by atoms with Crippen molar-refractivity contribution in [2.75, 3.05) is 13.3 Å². The lowest BCUT2D eigenvalue weighted by atomic mass is 10.1. The Morgan fingerprint density at radius 1 is 1.10 bits per heavy atom. The summed E-state index contributed by atoms with van der Waals surface area (Å²) in [6.45, 7) is 1.96. The van der Waals surface area contributed by atoms with Crippen LogP contribution in [0.25, 0.3) is 17.1 Å². The van der Waals surface area contributed by atoms with E-state index in [9.17, 15) is 13.2 Å². The fourth-order valence-electron chi connectivity index (χ4n) is 2.90. The van der Waals surface area contributed by atoms with E-state index in [2.05, 4.69) is 4.99 Å². The molecule has 0 aliphatic heterocycles. The van der Waals surface area contributed by atoms with Gasteiger partial charge in [-0.05, 0) is 37.4 Å². The van der Waals surface area contributed by atoms with Gasteiger partial charge < -0.3 is 5.73 Å². The van der Waals surface area contributed by atoms with Crippen molar-refractivity contribution in [1.29, 1.82) is 0 Å². The number of rotatable bonds is 5. The van der Waals surface area contributed by atoms with Crippen LogP contribution < -0.4 is 16.4 Å². The van der Waals surface area contributed by atoms with E-state index in [4.69, 9.17) is 15.9 Å². The summed E-state index contributed by atoms with van der Waals surface area (Å²) in [5, 5.41) is 5.64. The third-order valence-electron chi connectivity index (χ3n) is 4.47. The van der Waals surface area contributed by atoms with Crippen molar-refractivity contribution in [2.45, 2.75) is 16.8 Å². The molecule has 0 aliphatic carbocycles. The molecule has 3 aromatic rings. The van der Waals surface area contributed by atoms with E-state index < -0.39 is 15.6 Å². The third kappa shape index (κ3) is 4.16. The molecule has 0 bridgehead atoms. The third-order valence-corrected chi connectivity index (χ3v) is 6.09. The largest absolute Gasteiger partial charge is 0.383 e. The summed E-state index contributed by atoms with van der Waals surface area (Å²) in [6.07, 6.45) is 1.80. The zero-order valence-corrected chi connectivity index (χ0v) is 18.3. The van der Waals surface area contributed by atoms with Crippen LogP contribution in [0.1, 0.15) is 11.1 Å². The summed E-state index contributed by atoms with van der Waals surface area (Å²) in [5.74, 6) is 0.475. The lowest BCUT2D eigenvalue weighted by Gasteiger charge is -2.17. The topological polar surface area (TPSA) is 133 Å². The van der Waals surface area contributed by atoms with Crippen LogP contribution in [0.2, 0.25) is 0 Å². The van der Waals surface area contributed by atoms with Crippen LogP contribution >= 0.6 is 11.8 Å². The zero-order valence-electron chi connectivity index (χ0n) is 16.7. The molecule has 0 atom stereocenters. The molecule has 4 N–H and O–H groups in total. The van der Waals surface area contributed by atoms with Crippen LogP contribution in [0.3, 0.4) is 0 Å². The molecule has 156 valence electrons. The zero-order chi connectivity index (χ0) is 22.1. The first-order valence-corrected chi connectivity index (χ1v) is 11.6. The summed E-state index contributed by atoms with van der Waals surface area (Å²) in [7, 11) is -2.36. The fraction of sp³-hybridized carbons (Fsp3) is 0.150. The highest BCUT2D eigenvalue weighted by Crippen LogP contribution is 2.25. The molecular formula is C20H21N5O3S2. The first kappa shape index (κ1) is 21.8. The Kier molecular flexibility index (Phi) is 6.11. The summed E-state index contributed by atoms with van der Waals surface area (Å²) >= 11 is 1.29. The average molecular weight is 444 g/mol. The number of hydrogen-bond donors (Lipinski definition) is 2. The molecule has 0 amide bonds. The van der Waals surface area contributed by atoms with E-state index in [0.717, 1.165) is 11.1 Å². The molecule has 0 saturated carbocycles. The Morgan fingerprint density at radius 2 is 1.70 bits per heavy atom. The van der Waals surface area contributed by atoms with Crippen molar-refractivity contribution in [3.63, 3.8) is 0 Å². The Bertz CT molecular complexity index is 1280. The number of hydrogen-bond acceptors (Lipinski definition) is 6. The Hall–Kier alpha value is -2.95. The van der Waals surface area contributed by atoms with Crippen LogP contribution in [0.15, 0.2) is 68.2 Å².